The number of hydrogen-bond donors (Lipinski definition) is 1. The highest BCUT2D eigenvalue weighted by Gasteiger charge is 2.66. The zero-order valence-electron chi connectivity index (χ0n) is 13.6. The van der Waals surface area contributed by atoms with Crippen molar-refractivity contribution in [1.29, 1.82) is 0 Å². The zero-order valence-corrected chi connectivity index (χ0v) is 14.4. The van der Waals surface area contributed by atoms with Gasteiger partial charge in [0.2, 0.25) is 5.91 Å². The lowest BCUT2D eigenvalue weighted by Crippen LogP contribution is -2.72. The summed E-state index contributed by atoms with van der Waals surface area (Å²) in [6.07, 6.45) is 0. The van der Waals surface area contributed by atoms with Gasteiger partial charge in [-0.2, -0.15) is 0 Å². The number of amides is 2. The summed E-state index contributed by atoms with van der Waals surface area (Å²) < 4.78 is 16.7. The maximum Gasteiger partial charge on any atom is 0.258 e. The first kappa shape index (κ1) is 17.4. The van der Waals surface area contributed by atoms with E-state index in [4.69, 9.17) is 4.74 Å². The monoisotopic (exact) mass is 365 g/mol. The van der Waals surface area contributed by atoms with E-state index in [1.54, 1.807) is 30.3 Å². The van der Waals surface area contributed by atoms with Crippen LogP contribution >= 0.6 is 0 Å². The molecule has 0 bridgehead atoms. The number of carbonyl (C=O) groups is 3. The van der Waals surface area contributed by atoms with Crippen molar-refractivity contribution < 1.29 is 28.4 Å². The minimum absolute atomic E-state index is 0.305. The molecule has 2 saturated heterocycles. The summed E-state index contributed by atoms with van der Waals surface area (Å²) in [4.78, 5) is 36.6. The van der Waals surface area contributed by atoms with Gasteiger partial charge in [0.15, 0.2) is 6.61 Å². The van der Waals surface area contributed by atoms with Crippen molar-refractivity contribution >= 4 is 28.6 Å². The van der Waals surface area contributed by atoms with Crippen LogP contribution in [0.5, 0.6) is 5.75 Å². The average molecular weight is 365 g/mol. The molecule has 8 nitrogen and oxygen atoms in total. The molecule has 2 amide bonds. The van der Waals surface area contributed by atoms with Gasteiger partial charge in [-0.05, 0) is 26.0 Å². The maximum atomic E-state index is 12.6. The fourth-order valence-corrected chi connectivity index (χ4v) is 5.07. The Labute approximate surface area is 146 Å². The summed E-state index contributed by atoms with van der Waals surface area (Å²) in [7, 11) is -1.65. The Kier molecular flexibility index (Phi) is 4.28. The third-order valence-electron chi connectivity index (χ3n) is 4.41. The third kappa shape index (κ3) is 2.78. The van der Waals surface area contributed by atoms with Crippen LogP contribution in [0.2, 0.25) is 0 Å². The molecule has 2 fully saturated rings. The molecule has 25 heavy (non-hydrogen) atoms. The largest absolute Gasteiger partial charge is 0.548 e. The SMILES string of the molecule is CC1(C)[C@H](C(=O)[O-])N2C(=O)[C@@H](NC(=O)COc3ccccc3)[C@H]2S1=O. The van der Waals surface area contributed by atoms with Crippen LogP contribution < -0.4 is 15.2 Å². The number of ether oxygens (including phenoxy) is 1. The van der Waals surface area contributed by atoms with E-state index in [0.717, 1.165) is 4.90 Å². The number of para-hydroxylation sites is 1. The number of β-lactam (4-membered cyclic amide) rings is 1. The van der Waals surface area contributed by atoms with Gasteiger partial charge in [0, 0.05) is 0 Å². The molecule has 0 saturated carbocycles. The molecule has 1 N–H and O–H groups in total. The van der Waals surface area contributed by atoms with Crippen molar-refractivity contribution in [3.05, 3.63) is 30.3 Å². The van der Waals surface area contributed by atoms with Gasteiger partial charge < -0.3 is 24.9 Å². The molecule has 4 atom stereocenters. The molecule has 2 aliphatic rings. The number of carbonyl (C=O) groups excluding carboxylic acids is 3. The van der Waals surface area contributed by atoms with Crippen LogP contribution in [-0.2, 0) is 25.2 Å². The number of hydrogen-bond acceptors (Lipinski definition) is 6. The minimum Gasteiger partial charge on any atom is -0.548 e. The Bertz CT molecular complexity index is 750. The van der Waals surface area contributed by atoms with Crippen LogP contribution in [0, 0.1) is 0 Å². The first-order valence-corrected chi connectivity index (χ1v) is 8.87. The second-order valence-corrected chi connectivity index (χ2v) is 8.54. The quantitative estimate of drug-likeness (QED) is 0.627. The van der Waals surface area contributed by atoms with E-state index in [0.29, 0.717) is 5.75 Å². The van der Waals surface area contributed by atoms with Crippen molar-refractivity contribution in [1.82, 2.24) is 10.2 Å². The second-order valence-electron chi connectivity index (χ2n) is 6.41. The molecule has 0 aromatic heterocycles. The van der Waals surface area contributed by atoms with Crippen LogP contribution in [0.15, 0.2) is 30.3 Å². The molecule has 0 radical (unpaired) electrons. The lowest BCUT2D eigenvalue weighted by molar-refractivity contribution is -0.312. The molecule has 0 spiro atoms. The van der Waals surface area contributed by atoms with E-state index in [9.17, 15) is 23.7 Å². The van der Waals surface area contributed by atoms with E-state index in [1.807, 2.05) is 0 Å². The first-order chi connectivity index (χ1) is 11.7. The predicted octanol–water partition coefficient (Wildman–Crippen LogP) is -1.62. The summed E-state index contributed by atoms with van der Waals surface area (Å²) in [6.45, 7) is 2.71. The molecular weight excluding hydrogens is 348 g/mol. The van der Waals surface area contributed by atoms with Crippen LogP contribution in [-0.4, -0.2) is 55.7 Å². The van der Waals surface area contributed by atoms with Crippen molar-refractivity contribution in [2.75, 3.05) is 6.61 Å². The molecule has 9 heteroatoms. The number of benzene rings is 1. The molecule has 1 aromatic carbocycles. The lowest BCUT2D eigenvalue weighted by Gasteiger charge is -2.44. The highest BCUT2D eigenvalue weighted by Crippen LogP contribution is 2.43. The number of carboxylic acid groups (broad SMARTS) is 1. The molecule has 134 valence electrons. The van der Waals surface area contributed by atoms with Crippen LogP contribution in [0.3, 0.4) is 0 Å². The minimum atomic E-state index is -1.65. The van der Waals surface area contributed by atoms with Gasteiger partial charge in [-0.15, -0.1) is 0 Å². The molecular formula is C16H17N2O6S-. The third-order valence-corrected chi connectivity index (χ3v) is 6.61. The Morgan fingerprint density at radius 3 is 2.56 bits per heavy atom. The Morgan fingerprint density at radius 1 is 1.32 bits per heavy atom. The van der Waals surface area contributed by atoms with Crippen LogP contribution in [0.4, 0.5) is 0 Å². The van der Waals surface area contributed by atoms with E-state index in [-0.39, 0.29) is 6.61 Å². The van der Waals surface area contributed by atoms with Gasteiger partial charge in [0.05, 0.1) is 27.6 Å². The molecule has 2 aliphatic heterocycles. The van der Waals surface area contributed by atoms with Crippen LogP contribution in [0.25, 0.3) is 0 Å². The second kappa shape index (κ2) is 6.14. The average Bonchev–Trinajstić information content (AvgIpc) is 2.76. The number of carboxylic acids is 1. The van der Waals surface area contributed by atoms with Crippen molar-refractivity contribution in [3.8, 4) is 5.75 Å². The Hall–Kier alpha value is -2.42. The highest BCUT2D eigenvalue weighted by molar-refractivity contribution is 7.87. The molecule has 1 unspecified atom stereocenters. The first-order valence-electron chi connectivity index (χ1n) is 7.66. The van der Waals surface area contributed by atoms with Gasteiger partial charge in [0.1, 0.15) is 17.2 Å². The maximum absolute atomic E-state index is 12.6. The van der Waals surface area contributed by atoms with Gasteiger partial charge in [-0.25, -0.2) is 0 Å². The molecule has 2 heterocycles. The number of fused-ring (bicyclic) bond motifs is 1. The summed E-state index contributed by atoms with van der Waals surface area (Å²) in [5, 5.41) is 12.9. The van der Waals surface area contributed by atoms with Gasteiger partial charge in [-0.3, -0.25) is 13.8 Å². The molecule has 3 rings (SSSR count). The number of nitrogens with one attached hydrogen (secondary N) is 1. The zero-order chi connectivity index (χ0) is 18.4. The van der Waals surface area contributed by atoms with E-state index in [2.05, 4.69) is 5.32 Å². The topological polar surface area (TPSA) is 116 Å². The lowest BCUT2D eigenvalue weighted by atomic mass is 9.96. The fourth-order valence-electron chi connectivity index (χ4n) is 3.15. The van der Waals surface area contributed by atoms with Crippen molar-refractivity contribution in [2.24, 2.45) is 0 Å². The van der Waals surface area contributed by atoms with Gasteiger partial charge >= 0.3 is 0 Å². The van der Waals surface area contributed by atoms with E-state index >= 15 is 0 Å². The normalized spacial score (nSPS) is 29.5. The van der Waals surface area contributed by atoms with Gasteiger partial charge in [-0.1, -0.05) is 18.2 Å². The van der Waals surface area contributed by atoms with Crippen molar-refractivity contribution in [2.45, 2.75) is 36.1 Å². The number of aliphatic carboxylic acids is 1. The summed E-state index contributed by atoms with van der Waals surface area (Å²) in [6, 6.07) is 6.38. The van der Waals surface area contributed by atoms with Crippen LogP contribution in [0.1, 0.15) is 13.8 Å². The predicted molar refractivity (Wildman–Crippen MR) is 85.5 cm³/mol. The summed E-state index contributed by atoms with van der Waals surface area (Å²) >= 11 is 0. The highest BCUT2D eigenvalue weighted by atomic mass is 32.2. The van der Waals surface area contributed by atoms with Gasteiger partial charge in [0.25, 0.3) is 5.91 Å². The number of nitrogens with zero attached hydrogens (tertiary/aromatic N) is 1. The summed E-state index contributed by atoms with van der Waals surface area (Å²) in [5.41, 5.74) is 0. The van der Waals surface area contributed by atoms with E-state index in [1.165, 1.54) is 13.8 Å². The van der Waals surface area contributed by atoms with E-state index < -0.39 is 50.8 Å². The summed E-state index contributed by atoms with van der Waals surface area (Å²) in [5.74, 6) is -2.08. The Balaban J connectivity index is 1.65. The number of rotatable bonds is 5. The smallest absolute Gasteiger partial charge is 0.258 e. The fraction of sp³-hybridized carbons (Fsp3) is 0.438. The molecule has 1 aromatic rings. The standard InChI is InChI=1S/C16H18N2O6S/c1-16(2)12(15(21)22)18-13(20)11(14(18)25(16)23)17-10(19)8-24-9-6-4-3-5-7-9/h3-7,11-12,14H,8H2,1-2H3,(H,17,19)(H,21,22)/p-1/t11-,12+,14-,25?/m1/s1. The Morgan fingerprint density at radius 2 is 1.96 bits per heavy atom. The van der Waals surface area contributed by atoms with Crippen molar-refractivity contribution in [3.63, 3.8) is 0 Å². The molecule has 0 aliphatic carbocycles.